The van der Waals surface area contributed by atoms with Crippen LogP contribution in [-0.2, 0) is 29.0 Å². The molecule has 5 heteroatoms. The van der Waals surface area contributed by atoms with Crippen molar-refractivity contribution in [3.8, 4) is 0 Å². The van der Waals surface area contributed by atoms with Gasteiger partial charge in [-0.1, -0.05) is 95.1 Å². The van der Waals surface area contributed by atoms with Gasteiger partial charge in [0.05, 0.1) is 6.42 Å². The van der Waals surface area contributed by atoms with Gasteiger partial charge in [-0.3, -0.25) is 9.59 Å². The molecule has 3 rings (SSSR count). The molecule has 0 aliphatic rings. The average Bonchev–Trinajstić information content (AvgIpc) is 2.80. The van der Waals surface area contributed by atoms with Gasteiger partial charge in [0.2, 0.25) is 11.8 Å². The van der Waals surface area contributed by atoms with Crippen LogP contribution >= 0.6 is 15.9 Å². The number of hydrogen-bond acceptors (Lipinski definition) is 2. The molecule has 0 aliphatic heterocycles. The number of carbonyl (C=O) groups is 2. The highest BCUT2D eigenvalue weighted by atomic mass is 79.9. The predicted molar refractivity (Wildman–Crippen MR) is 137 cm³/mol. The minimum absolute atomic E-state index is 0.0619. The van der Waals surface area contributed by atoms with Gasteiger partial charge in [-0.2, -0.15) is 0 Å². The molecular weight excluding hydrogens is 476 g/mol. The van der Waals surface area contributed by atoms with E-state index in [1.807, 2.05) is 92.7 Å². The molecule has 0 radical (unpaired) electrons. The van der Waals surface area contributed by atoms with E-state index in [2.05, 4.69) is 21.2 Å². The van der Waals surface area contributed by atoms with Crippen molar-refractivity contribution in [1.82, 2.24) is 10.2 Å². The number of nitrogens with one attached hydrogen (secondary N) is 1. The van der Waals surface area contributed by atoms with Crippen molar-refractivity contribution < 1.29 is 9.59 Å². The van der Waals surface area contributed by atoms with Crippen LogP contribution in [0, 0.1) is 6.92 Å². The van der Waals surface area contributed by atoms with Crippen LogP contribution in [0.4, 0.5) is 0 Å². The first-order chi connectivity index (χ1) is 16.0. The van der Waals surface area contributed by atoms with Crippen LogP contribution in [0.15, 0.2) is 83.3 Å². The highest BCUT2D eigenvalue weighted by Gasteiger charge is 2.30. The summed E-state index contributed by atoms with van der Waals surface area (Å²) in [5.41, 5.74) is 4.06. The van der Waals surface area contributed by atoms with E-state index in [0.717, 1.165) is 33.1 Å². The Balaban J connectivity index is 1.95. The van der Waals surface area contributed by atoms with Crippen molar-refractivity contribution in [3.63, 3.8) is 0 Å². The second-order valence-corrected chi connectivity index (χ2v) is 9.23. The molecule has 172 valence electrons. The molecule has 0 aromatic heterocycles. The summed E-state index contributed by atoms with van der Waals surface area (Å²) in [6.45, 7) is 4.99. The Hall–Kier alpha value is -2.92. The lowest BCUT2D eigenvalue weighted by atomic mass is 10.0. The lowest BCUT2D eigenvalue weighted by Crippen LogP contribution is -2.51. The molecule has 1 N–H and O–H groups in total. The van der Waals surface area contributed by atoms with E-state index in [4.69, 9.17) is 0 Å². The van der Waals surface area contributed by atoms with Crippen LogP contribution < -0.4 is 5.32 Å². The minimum atomic E-state index is -0.602. The van der Waals surface area contributed by atoms with Gasteiger partial charge in [0.1, 0.15) is 6.04 Å². The van der Waals surface area contributed by atoms with Crippen LogP contribution in [-0.4, -0.2) is 29.3 Å². The maximum Gasteiger partial charge on any atom is 0.243 e. The van der Waals surface area contributed by atoms with Gasteiger partial charge in [0, 0.05) is 24.0 Å². The van der Waals surface area contributed by atoms with Crippen LogP contribution in [0.1, 0.15) is 35.6 Å². The molecule has 1 unspecified atom stereocenters. The number of nitrogens with zero attached hydrogens (tertiary/aromatic N) is 1. The van der Waals surface area contributed by atoms with Crippen LogP contribution in [0.2, 0.25) is 0 Å². The molecule has 2 amide bonds. The van der Waals surface area contributed by atoms with Crippen LogP contribution in [0.5, 0.6) is 0 Å². The van der Waals surface area contributed by atoms with Crippen molar-refractivity contribution in [1.29, 1.82) is 0 Å². The number of rotatable bonds is 10. The van der Waals surface area contributed by atoms with Gasteiger partial charge >= 0.3 is 0 Å². The molecule has 0 bridgehead atoms. The zero-order valence-corrected chi connectivity index (χ0v) is 20.8. The fourth-order valence-corrected chi connectivity index (χ4v) is 4.30. The van der Waals surface area contributed by atoms with Gasteiger partial charge in [-0.15, -0.1) is 0 Å². The maximum atomic E-state index is 13.7. The van der Waals surface area contributed by atoms with E-state index < -0.39 is 6.04 Å². The van der Waals surface area contributed by atoms with E-state index in [-0.39, 0.29) is 18.2 Å². The predicted octanol–water partition coefficient (Wildman–Crippen LogP) is 5.47. The van der Waals surface area contributed by atoms with Crippen molar-refractivity contribution in [2.24, 2.45) is 0 Å². The standard InChI is InChI=1S/C28H31BrN2O2/c1-3-15-30-28(33)26(18-22-10-5-4-6-11-22)31(20-24-13-8-14-25(29)17-24)27(32)19-23-12-7-9-21(2)16-23/h4-14,16-17,26H,3,15,18-20H2,1-2H3,(H,30,33). The van der Waals surface area contributed by atoms with Crippen molar-refractivity contribution in [2.45, 2.75) is 45.7 Å². The summed E-state index contributed by atoms with van der Waals surface area (Å²) in [5, 5.41) is 3.02. The molecule has 0 fully saturated rings. The third-order valence-corrected chi connectivity index (χ3v) is 5.99. The zero-order chi connectivity index (χ0) is 23.6. The second kappa shape index (κ2) is 12.4. The molecule has 0 saturated carbocycles. The Bertz CT molecular complexity index is 1070. The highest BCUT2D eigenvalue weighted by molar-refractivity contribution is 9.10. The Labute approximate surface area is 205 Å². The van der Waals surface area contributed by atoms with Crippen LogP contribution in [0.3, 0.4) is 0 Å². The summed E-state index contributed by atoms with van der Waals surface area (Å²) < 4.78 is 0.945. The van der Waals surface area contributed by atoms with Crippen LogP contribution in [0.25, 0.3) is 0 Å². The summed E-state index contributed by atoms with van der Waals surface area (Å²) in [5.74, 6) is -0.179. The van der Waals surface area contributed by atoms with E-state index >= 15 is 0 Å². The fraction of sp³-hybridized carbons (Fsp3) is 0.286. The quantitative estimate of drug-likeness (QED) is 0.396. The van der Waals surface area contributed by atoms with Crippen molar-refractivity contribution in [2.75, 3.05) is 6.54 Å². The highest BCUT2D eigenvalue weighted by Crippen LogP contribution is 2.19. The maximum absolute atomic E-state index is 13.7. The molecule has 33 heavy (non-hydrogen) atoms. The van der Waals surface area contributed by atoms with E-state index in [0.29, 0.717) is 19.5 Å². The second-order valence-electron chi connectivity index (χ2n) is 8.31. The molecule has 0 saturated heterocycles. The topological polar surface area (TPSA) is 49.4 Å². The number of aryl methyl sites for hydroxylation is 1. The normalized spacial score (nSPS) is 11.6. The summed E-state index contributed by atoms with van der Waals surface area (Å²) >= 11 is 3.52. The van der Waals surface area contributed by atoms with Gasteiger partial charge in [-0.25, -0.2) is 0 Å². The Morgan fingerprint density at radius 2 is 1.61 bits per heavy atom. The fourth-order valence-electron chi connectivity index (χ4n) is 3.85. The number of halogens is 1. The smallest absolute Gasteiger partial charge is 0.243 e. The lowest BCUT2D eigenvalue weighted by Gasteiger charge is -2.32. The first-order valence-electron chi connectivity index (χ1n) is 11.4. The molecule has 1 atom stereocenters. The SMILES string of the molecule is CCCNC(=O)C(Cc1ccccc1)N(Cc1cccc(Br)c1)C(=O)Cc1cccc(C)c1. The number of hydrogen-bond donors (Lipinski definition) is 1. The molecule has 0 heterocycles. The molecular formula is C28H31BrN2O2. The molecule has 4 nitrogen and oxygen atoms in total. The zero-order valence-electron chi connectivity index (χ0n) is 19.3. The van der Waals surface area contributed by atoms with E-state index in [1.54, 1.807) is 4.90 Å². The minimum Gasteiger partial charge on any atom is -0.354 e. The Morgan fingerprint density at radius 1 is 0.909 bits per heavy atom. The lowest BCUT2D eigenvalue weighted by molar-refractivity contribution is -0.140. The Morgan fingerprint density at radius 3 is 2.30 bits per heavy atom. The van der Waals surface area contributed by atoms with E-state index in [1.165, 1.54) is 0 Å². The largest absolute Gasteiger partial charge is 0.354 e. The first kappa shape index (κ1) is 24.7. The molecule has 0 aliphatic carbocycles. The first-order valence-corrected chi connectivity index (χ1v) is 12.2. The van der Waals surface area contributed by atoms with Crippen molar-refractivity contribution in [3.05, 3.63) is 106 Å². The number of benzene rings is 3. The third-order valence-electron chi connectivity index (χ3n) is 5.50. The summed E-state index contributed by atoms with van der Waals surface area (Å²) in [7, 11) is 0. The summed E-state index contributed by atoms with van der Waals surface area (Å²) in [6.07, 6.45) is 1.55. The third kappa shape index (κ3) is 7.57. The monoisotopic (exact) mass is 506 g/mol. The molecule has 3 aromatic rings. The average molecular weight is 507 g/mol. The van der Waals surface area contributed by atoms with Gasteiger partial charge in [-0.05, 0) is 42.2 Å². The van der Waals surface area contributed by atoms with Gasteiger partial charge in [0.15, 0.2) is 0 Å². The molecule has 3 aromatic carbocycles. The van der Waals surface area contributed by atoms with Crippen molar-refractivity contribution >= 4 is 27.7 Å². The van der Waals surface area contributed by atoms with Gasteiger partial charge in [0.25, 0.3) is 0 Å². The summed E-state index contributed by atoms with van der Waals surface area (Å²) in [4.78, 5) is 28.7. The number of carbonyl (C=O) groups excluding carboxylic acids is 2. The van der Waals surface area contributed by atoms with E-state index in [9.17, 15) is 9.59 Å². The van der Waals surface area contributed by atoms with Gasteiger partial charge < -0.3 is 10.2 Å². The Kier molecular flexibility index (Phi) is 9.25. The molecule has 0 spiro atoms. The number of amides is 2. The summed E-state index contributed by atoms with van der Waals surface area (Å²) in [6, 6.07) is 25.1.